The molecule has 0 radical (unpaired) electrons. The number of hydrogen-bond donors (Lipinski definition) is 2. The zero-order valence-corrected chi connectivity index (χ0v) is 13.3. The van der Waals surface area contributed by atoms with E-state index in [-0.39, 0.29) is 11.3 Å². The van der Waals surface area contributed by atoms with Crippen molar-refractivity contribution in [1.82, 2.24) is 0 Å². The second-order valence-electron chi connectivity index (χ2n) is 5.38. The minimum Gasteiger partial charge on any atom is -0.507 e. The Bertz CT molecular complexity index is 740. The number of anilines is 1. The summed E-state index contributed by atoms with van der Waals surface area (Å²) in [6.45, 7) is 5.08. The number of hydrogen-bond acceptors (Lipinski definition) is 4. The van der Waals surface area contributed by atoms with Crippen LogP contribution in [-0.4, -0.2) is 23.1 Å². The lowest BCUT2D eigenvalue weighted by Gasteiger charge is -2.14. The van der Waals surface area contributed by atoms with Gasteiger partial charge in [-0.05, 0) is 50.1 Å². The molecule has 5 heteroatoms. The highest BCUT2D eigenvalue weighted by atomic mass is 16.5. The number of nitrogens with one attached hydrogen (secondary N) is 1. The molecule has 0 aliphatic carbocycles. The molecule has 0 heterocycles. The van der Waals surface area contributed by atoms with Crippen molar-refractivity contribution in [1.29, 1.82) is 0 Å². The van der Waals surface area contributed by atoms with Crippen LogP contribution in [0.4, 0.5) is 5.69 Å². The van der Waals surface area contributed by atoms with Gasteiger partial charge in [-0.15, -0.1) is 0 Å². The molecular weight excluding hydrogens is 294 g/mol. The van der Waals surface area contributed by atoms with E-state index in [1.54, 1.807) is 25.1 Å². The number of para-hydroxylation sites is 1. The largest absolute Gasteiger partial charge is 0.507 e. The molecule has 0 bridgehead atoms. The van der Waals surface area contributed by atoms with E-state index in [0.29, 0.717) is 11.3 Å². The third-order valence-corrected chi connectivity index (χ3v) is 3.40. The Labute approximate surface area is 134 Å². The van der Waals surface area contributed by atoms with Crippen molar-refractivity contribution in [3.63, 3.8) is 0 Å². The first kappa shape index (κ1) is 16.5. The van der Waals surface area contributed by atoms with Crippen LogP contribution in [-0.2, 0) is 9.53 Å². The maximum atomic E-state index is 12.1. The molecule has 120 valence electrons. The number of aryl methyl sites for hydroxylation is 2. The van der Waals surface area contributed by atoms with Crippen LogP contribution < -0.4 is 5.32 Å². The molecular formula is C18H19NO4. The monoisotopic (exact) mass is 313 g/mol. The first-order valence-corrected chi connectivity index (χ1v) is 7.25. The van der Waals surface area contributed by atoms with E-state index in [2.05, 4.69) is 5.32 Å². The topological polar surface area (TPSA) is 75.6 Å². The van der Waals surface area contributed by atoms with Crippen molar-refractivity contribution >= 4 is 17.6 Å². The molecule has 2 aromatic carbocycles. The summed E-state index contributed by atoms with van der Waals surface area (Å²) in [7, 11) is 0. The number of phenolic OH excluding ortho intramolecular Hbond substituents is 1. The molecule has 0 saturated carbocycles. The lowest BCUT2D eigenvalue weighted by atomic mass is 10.1. The van der Waals surface area contributed by atoms with Crippen molar-refractivity contribution in [2.75, 3.05) is 5.32 Å². The Morgan fingerprint density at radius 2 is 1.83 bits per heavy atom. The Hall–Kier alpha value is -2.82. The lowest BCUT2D eigenvalue weighted by Crippen LogP contribution is -2.30. The van der Waals surface area contributed by atoms with Gasteiger partial charge in [0.15, 0.2) is 6.10 Å². The highest BCUT2D eigenvalue weighted by Crippen LogP contribution is 2.22. The maximum absolute atomic E-state index is 12.1. The highest BCUT2D eigenvalue weighted by Gasteiger charge is 2.21. The smallest absolute Gasteiger partial charge is 0.342 e. The standard InChI is InChI=1S/C18H19NO4/c1-11-6-4-8-14(10-11)19-17(21)13(3)23-18(22)15-9-5-7-12(2)16(15)20/h4-10,13,20H,1-3H3,(H,19,21)/t13-/m1/s1. The van der Waals surface area contributed by atoms with Gasteiger partial charge < -0.3 is 15.2 Å². The summed E-state index contributed by atoms with van der Waals surface area (Å²) in [6, 6.07) is 12.1. The van der Waals surface area contributed by atoms with Crippen LogP contribution in [0.3, 0.4) is 0 Å². The average molecular weight is 313 g/mol. The predicted molar refractivity (Wildman–Crippen MR) is 87.5 cm³/mol. The van der Waals surface area contributed by atoms with Gasteiger partial charge in [0.25, 0.3) is 5.91 Å². The molecule has 2 rings (SSSR count). The molecule has 23 heavy (non-hydrogen) atoms. The summed E-state index contributed by atoms with van der Waals surface area (Å²) >= 11 is 0. The second kappa shape index (κ2) is 6.96. The Morgan fingerprint density at radius 1 is 1.13 bits per heavy atom. The molecule has 1 amide bonds. The first-order chi connectivity index (χ1) is 10.9. The number of carbonyl (C=O) groups excluding carboxylic acids is 2. The molecule has 5 nitrogen and oxygen atoms in total. The predicted octanol–water partition coefficient (Wildman–Crippen LogP) is 3.19. The third kappa shape index (κ3) is 4.10. The molecule has 1 atom stereocenters. The van der Waals surface area contributed by atoms with Gasteiger partial charge in [0.05, 0.1) is 0 Å². The fourth-order valence-corrected chi connectivity index (χ4v) is 2.07. The van der Waals surface area contributed by atoms with Gasteiger partial charge >= 0.3 is 5.97 Å². The van der Waals surface area contributed by atoms with Crippen molar-refractivity contribution in [2.45, 2.75) is 26.9 Å². The molecule has 2 N–H and O–H groups in total. The van der Waals surface area contributed by atoms with Gasteiger partial charge in [0, 0.05) is 5.69 Å². The number of carbonyl (C=O) groups is 2. The number of aromatic hydroxyl groups is 1. The van der Waals surface area contributed by atoms with Gasteiger partial charge in [-0.2, -0.15) is 0 Å². The van der Waals surface area contributed by atoms with Gasteiger partial charge in [-0.25, -0.2) is 4.79 Å². The summed E-state index contributed by atoms with van der Waals surface area (Å²) in [6.07, 6.45) is -0.983. The first-order valence-electron chi connectivity index (χ1n) is 7.25. The van der Waals surface area contributed by atoms with Crippen molar-refractivity contribution in [3.8, 4) is 5.75 Å². The fraction of sp³-hybridized carbons (Fsp3) is 0.222. The second-order valence-corrected chi connectivity index (χ2v) is 5.38. The number of esters is 1. The van der Waals surface area contributed by atoms with Crippen LogP contribution >= 0.6 is 0 Å². The number of ether oxygens (including phenoxy) is 1. The van der Waals surface area contributed by atoms with Crippen LogP contribution in [0.15, 0.2) is 42.5 Å². The van der Waals surface area contributed by atoms with E-state index in [4.69, 9.17) is 4.74 Å². The van der Waals surface area contributed by atoms with E-state index in [9.17, 15) is 14.7 Å². The van der Waals surface area contributed by atoms with E-state index >= 15 is 0 Å². The van der Waals surface area contributed by atoms with E-state index < -0.39 is 18.0 Å². The summed E-state index contributed by atoms with van der Waals surface area (Å²) in [5.74, 6) is -1.31. The van der Waals surface area contributed by atoms with E-state index in [1.807, 2.05) is 25.1 Å². The Morgan fingerprint density at radius 3 is 2.52 bits per heavy atom. The number of rotatable bonds is 4. The van der Waals surface area contributed by atoms with E-state index in [1.165, 1.54) is 13.0 Å². The molecule has 0 spiro atoms. The summed E-state index contributed by atoms with van der Waals surface area (Å²) < 4.78 is 5.13. The molecule has 0 aromatic heterocycles. The van der Waals surface area contributed by atoms with E-state index in [0.717, 1.165) is 5.56 Å². The Kier molecular flexibility index (Phi) is 5.01. The quantitative estimate of drug-likeness (QED) is 0.850. The maximum Gasteiger partial charge on any atom is 0.342 e. The molecule has 0 aliphatic rings. The van der Waals surface area contributed by atoms with Gasteiger partial charge in [-0.1, -0.05) is 24.3 Å². The van der Waals surface area contributed by atoms with Crippen molar-refractivity contribution in [2.24, 2.45) is 0 Å². The molecule has 0 aliphatic heterocycles. The van der Waals surface area contributed by atoms with Gasteiger partial charge in [0.1, 0.15) is 11.3 Å². The molecule has 2 aromatic rings. The molecule has 0 saturated heterocycles. The minimum atomic E-state index is -0.983. The van der Waals surface area contributed by atoms with Crippen LogP contribution in [0, 0.1) is 13.8 Å². The zero-order chi connectivity index (χ0) is 17.0. The average Bonchev–Trinajstić information content (AvgIpc) is 2.49. The number of amides is 1. The van der Waals surface area contributed by atoms with Crippen LogP contribution in [0.25, 0.3) is 0 Å². The summed E-state index contributed by atoms with van der Waals surface area (Å²) in [5, 5.41) is 12.6. The zero-order valence-electron chi connectivity index (χ0n) is 13.3. The van der Waals surface area contributed by atoms with Crippen LogP contribution in [0.2, 0.25) is 0 Å². The van der Waals surface area contributed by atoms with Crippen LogP contribution in [0.1, 0.15) is 28.4 Å². The van der Waals surface area contributed by atoms with Gasteiger partial charge in [0.2, 0.25) is 0 Å². The normalized spacial score (nSPS) is 11.6. The number of benzene rings is 2. The highest BCUT2D eigenvalue weighted by molar-refractivity contribution is 5.98. The Balaban J connectivity index is 2.03. The number of phenols is 1. The third-order valence-electron chi connectivity index (χ3n) is 3.40. The minimum absolute atomic E-state index is 0.0419. The lowest BCUT2D eigenvalue weighted by molar-refractivity contribution is -0.123. The molecule has 0 unspecified atom stereocenters. The molecule has 0 fully saturated rings. The summed E-state index contributed by atoms with van der Waals surface area (Å²) in [5.41, 5.74) is 2.25. The van der Waals surface area contributed by atoms with Gasteiger partial charge in [-0.3, -0.25) is 4.79 Å². The SMILES string of the molecule is Cc1cccc(NC(=O)[C@@H](C)OC(=O)c2cccc(C)c2O)c1. The van der Waals surface area contributed by atoms with Crippen LogP contribution in [0.5, 0.6) is 5.75 Å². The van der Waals surface area contributed by atoms with Crippen molar-refractivity contribution in [3.05, 3.63) is 59.2 Å². The fourth-order valence-electron chi connectivity index (χ4n) is 2.07. The van der Waals surface area contributed by atoms with Crippen molar-refractivity contribution < 1.29 is 19.4 Å². The summed E-state index contributed by atoms with van der Waals surface area (Å²) in [4.78, 5) is 24.2.